The van der Waals surface area contributed by atoms with Gasteiger partial charge < -0.3 is 14.8 Å². The number of aromatic nitrogens is 4. The fourth-order valence-corrected chi connectivity index (χ4v) is 4.85. The van der Waals surface area contributed by atoms with Crippen LogP contribution in [0.1, 0.15) is 21.1 Å². The molecule has 35 heavy (non-hydrogen) atoms. The zero-order chi connectivity index (χ0) is 24.4. The minimum Gasteiger partial charge on any atom is -0.494 e. The molecule has 3 aromatic carbocycles. The van der Waals surface area contributed by atoms with Gasteiger partial charge in [-0.2, -0.15) is 4.68 Å². The van der Waals surface area contributed by atoms with Crippen LogP contribution in [0, 0.1) is 12.7 Å². The molecule has 0 spiro atoms. The number of nitrogens with one attached hydrogen (secondary N) is 1. The molecule has 0 aliphatic heterocycles. The van der Waals surface area contributed by atoms with E-state index in [2.05, 4.69) is 20.8 Å². The van der Waals surface area contributed by atoms with Crippen LogP contribution in [0.2, 0.25) is 0 Å². The van der Waals surface area contributed by atoms with E-state index in [9.17, 15) is 9.18 Å². The van der Waals surface area contributed by atoms with Gasteiger partial charge in [0.25, 0.3) is 5.91 Å². The number of para-hydroxylation sites is 1. The smallest absolute Gasteiger partial charge is 0.266 e. The average molecular weight is 490 g/mol. The summed E-state index contributed by atoms with van der Waals surface area (Å²) in [5.41, 5.74) is 1.57. The first-order valence-corrected chi connectivity index (χ1v) is 11.5. The molecule has 2 heterocycles. The van der Waals surface area contributed by atoms with Gasteiger partial charge in [-0.05, 0) is 59.8 Å². The third-order valence-electron chi connectivity index (χ3n) is 5.39. The Morgan fingerprint density at radius 2 is 1.94 bits per heavy atom. The van der Waals surface area contributed by atoms with Gasteiger partial charge in [0.2, 0.25) is 0 Å². The number of hydrogen-bond donors (Lipinski definition) is 1. The minimum atomic E-state index is -0.398. The van der Waals surface area contributed by atoms with Crippen molar-refractivity contribution in [3.8, 4) is 17.2 Å². The molecule has 0 aliphatic carbocycles. The maximum atomic E-state index is 14.8. The van der Waals surface area contributed by atoms with E-state index in [1.165, 1.54) is 22.1 Å². The van der Waals surface area contributed by atoms with Crippen molar-refractivity contribution in [2.45, 2.75) is 13.5 Å². The summed E-state index contributed by atoms with van der Waals surface area (Å²) in [5.74, 6) is 0.963. The van der Waals surface area contributed by atoms with Gasteiger partial charge in [0.15, 0.2) is 5.82 Å². The maximum Gasteiger partial charge on any atom is 0.266 e. The molecule has 0 bridgehead atoms. The summed E-state index contributed by atoms with van der Waals surface area (Å²) in [6.07, 6.45) is 0. The van der Waals surface area contributed by atoms with Crippen molar-refractivity contribution >= 4 is 33.0 Å². The highest BCUT2D eigenvalue weighted by Crippen LogP contribution is 2.35. The highest BCUT2D eigenvalue weighted by molar-refractivity contribution is 7.21. The summed E-state index contributed by atoms with van der Waals surface area (Å²) in [6.45, 7) is 1.81. The molecule has 0 radical (unpaired) electrons. The van der Waals surface area contributed by atoms with Crippen LogP contribution >= 0.6 is 11.3 Å². The number of fused-ring (bicyclic) bond motifs is 1. The summed E-state index contributed by atoms with van der Waals surface area (Å²) >= 11 is 1.22. The molecule has 1 N–H and O–H groups in total. The SMILES string of the molecule is COc1ccc(NC(=O)c2sc3cccc(F)c3c2COc2ccccc2)cc1-n1nnnc1C. The second-order valence-corrected chi connectivity index (χ2v) is 8.66. The first kappa shape index (κ1) is 22.5. The number of tetrazole rings is 1. The summed E-state index contributed by atoms with van der Waals surface area (Å²) in [6, 6.07) is 19.1. The average Bonchev–Trinajstić information content (AvgIpc) is 3.47. The Morgan fingerprint density at radius 1 is 1.11 bits per heavy atom. The first-order valence-electron chi connectivity index (χ1n) is 10.7. The Balaban J connectivity index is 1.49. The van der Waals surface area contributed by atoms with E-state index in [1.807, 2.05) is 30.3 Å². The van der Waals surface area contributed by atoms with Crippen molar-refractivity contribution in [2.75, 3.05) is 12.4 Å². The minimum absolute atomic E-state index is 0.0470. The molecule has 0 atom stereocenters. The van der Waals surface area contributed by atoms with Crippen LogP contribution in [-0.2, 0) is 6.61 Å². The molecule has 0 unspecified atom stereocenters. The van der Waals surface area contributed by atoms with Crippen molar-refractivity contribution in [3.63, 3.8) is 0 Å². The van der Waals surface area contributed by atoms with Gasteiger partial charge >= 0.3 is 0 Å². The number of aryl methyl sites for hydroxylation is 1. The molecule has 0 saturated carbocycles. The molecule has 2 aromatic heterocycles. The standard InChI is InChI=1S/C25H20FN5O3S/c1-15-28-29-30-31(15)20-13-16(11-12-21(20)33-2)27-25(32)24-18(14-34-17-7-4-3-5-8-17)23-19(26)9-6-10-22(23)35-24/h3-13H,14H2,1-2H3,(H,27,32). The third kappa shape index (κ3) is 4.43. The summed E-state index contributed by atoms with van der Waals surface area (Å²) < 4.78 is 28.3. The lowest BCUT2D eigenvalue weighted by Gasteiger charge is -2.12. The Labute approximate surface area is 203 Å². The Kier molecular flexibility index (Phi) is 6.11. The van der Waals surface area contributed by atoms with E-state index in [0.29, 0.717) is 49.2 Å². The topological polar surface area (TPSA) is 91.2 Å². The molecule has 0 fully saturated rings. The van der Waals surface area contributed by atoms with Gasteiger partial charge in [-0.1, -0.05) is 24.3 Å². The van der Waals surface area contributed by atoms with Crippen molar-refractivity contribution in [1.82, 2.24) is 20.2 Å². The predicted molar refractivity (Wildman–Crippen MR) is 131 cm³/mol. The summed E-state index contributed by atoms with van der Waals surface area (Å²) in [4.78, 5) is 13.8. The molecular formula is C25H20FN5O3S. The normalized spacial score (nSPS) is 10.9. The first-order chi connectivity index (χ1) is 17.0. The molecule has 0 aliphatic rings. The third-order valence-corrected chi connectivity index (χ3v) is 6.58. The largest absolute Gasteiger partial charge is 0.494 e. The van der Waals surface area contributed by atoms with Crippen LogP contribution < -0.4 is 14.8 Å². The number of benzene rings is 3. The number of carbonyl (C=O) groups excluding carboxylic acids is 1. The number of nitrogens with zero attached hydrogens (tertiary/aromatic N) is 4. The lowest BCUT2D eigenvalue weighted by atomic mass is 10.1. The van der Waals surface area contributed by atoms with E-state index in [4.69, 9.17) is 9.47 Å². The molecule has 176 valence electrons. The van der Waals surface area contributed by atoms with E-state index < -0.39 is 5.82 Å². The molecule has 8 nitrogen and oxygen atoms in total. The van der Waals surface area contributed by atoms with Gasteiger partial charge in [0, 0.05) is 21.3 Å². The van der Waals surface area contributed by atoms with Crippen LogP contribution in [0.25, 0.3) is 15.8 Å². The number of thiophene rings is 1. The Morgan fingerprint density at radius 3 is 2.69 bits per heavy atom. The summed E-state index contributed by atoms with van der Waals surface area (Å²) in [7, 11) is 1.54. The van der Waals surface area contributed by atoms with Crippen LogP contribution in [0.5, 0.6) is 11.5 Å². The number of amides is 1. The van der Waals surface area contributed by atoms with Gasteiger partial charge in [0.1, 0.15) is 34.5 Å². The number of ether oxygens (including phenoxy) is 2. The van der Waals surface area contributed by atoms with Crippen LogP contribution in [0.3, 0.4) is 0 Å². The zero-order valence-corrected chi connectivity index (χ0v) is 19.7. The molecule has 5 rings (SSSR count). The summed E-state index contributed by atoms with van der Waals surface area (Å²) in [5, 5.41) is 14.9. The quantitative estimate of drug-likeness (QED) is 0.339. The maximum absolute atomic E-state index is 14.8. The van der Waals surface area contributed by atoms with E-state index in [0.717, 1.165) is 0 Å². The van der Waals surface area contributed by atoms with Gasteiger partial charge in [0.05, 0.1) is 7.11 Å². The highest BCUT2D eigenvalue weighted by Gasteiger charge is 2.22. The number of methoxy groups -OCH3 is 1. The van der Waals surface area contributed by atoms with Crippen LogP contribution in [-0.4, -0.2) is 33.2 Å². The van der Waals surface area contributed by atoms with E-state index >= 15 is 0 Å². The number of anilines is 1. The fourth-order valence-electron chi connectivity index (χ4n) is 3.74. The Bertz CT molecular complexity index is 1520. The molecule has 10 heteroatoms. The number of carbonyl (C=O) groups is 1. The van der Waals surface area contributed by atoms with Gasteiger partial charge in [-0.15, -0.1) is 16.4 Å². The number of rotatable bonds is 7. The molecule has 1 amide bonds. The lowest BCUT2D eigenvalue weighted by molar-refractivity contribution is 0.102. The number of hydrogen-bond acceptors (Lipinski definition) is 7. The second-order valence-electron chi connectivity index (χ2n) is 7.60. The Hall–Kier alpha value is -4.31. The fraction of sp³-hybridized carbons (Fsp3) is 0.120. The van der Waals surface area contributed by atoms with Crippen molar-refractivity contribution in [3.05, 3.63) is 88.8 Å². The molecule has 5 aromatic rings. The molecule has 0 saturated heterocycles. The second kappa shape index (κ2) is 9.51. The van der Waals surface area contributed by atoms with E-state index in [1.54, 1.807) is 44.4 Å². The van der Waals surface area contributed by atoms with Crippen molar-refractivity contribution in [2.24, 2.45) is 0 Å². The van der Waals surface area contributed by atoms with E-state index in [-0.39, 0.29) is 12.5 Å². The van der Waals surface area contributed by atoms with Crippen LogP contribution in [0.15, 0.2) is 66.7 Å². The van der Waals surface area contributed by atoms with Crippen LogP contribution in [0.4, 0.5) is 10.1 Å². The van der Waals surface area contributed by atoms with Gasteiger partial charge in [-0.3, -0.25) is 4.79 Å². The predicted octanol–water partition coefficient (Wildman–Crippen LogP) is 5.16. The highest BCUT2D eigenvalue weighted by atomic mass is 32.1. The monoisotopic (exact) mass is 489 g/mol. The lowest BCUT2D eigenvalue weighted by Crippen LogP contribution is -2.14. The van der Waals surface area contributed by atoms with Crippen molar-refractivity contribution in [1.29, 1.82) is 0 Å². The zero-order valence-electron chi connectivity index (χ0n) is 18.9. The molecular weight excluding hydrogens is 469 g/mol. The van der Waals surface area contributed by atoms with Gasteiger partial charge in [-0.25, -0.2) is 4.39 Å². The van der Waals surface area contributed by atoms with Crippen molar-refractivity contribution < 1.29 is 18.7 Å². The number of halogens is 1.